The topological polar surface area (TPSA) is 63.3 Å². The molecule has 3 N–H and O–H groups in total. The van der Waals surface area contributed by atoms with Gasteiger partial charge < -0.3 is 10.8 Å². The summed E-state index contributed by atoms with van der Waals surface area (Å²) in [5, 5.41) is 10.2. The highest BCUT2D eigenvalue weighted by Crippen LogP contribution is 2.67. The molecule has 0 saturated heterocycles. The van der Waals surface area contributed by atoms with Crippen LogP contribution in [0, 0.1) is 16.7 Å². The summed E-state index contributed by atoms with van der Waals surface area (Å²) < 4.78 is 0. The van der Waals surface area contributed by atoms with Gasteiger partial charge in [0.2, 0.25) is 5.91 Å². The Morgan fingerprint density at radius 3 is 2.69 bits per heavy atom. The summed E-state index contributed by atoms with van der Waals surface area (Å²) in [4.78, 5) is 10.7. The van der Waals surface area contributed by atoms with E-state index in [9.17, 15) is 9.90 Å². The van der Waals surface area contributed by atoms with Crippen LogP contribution in [0.5, 0.6) is 0 Å². The first-order chi connectivity index (χ1) is 7.40. The number of rotatable bonds is 3. The first-order valence-electron chi connectivity index (χ1n) is 6.04. The van der Waals surface area contributed by atoms with Crippen LogP contribution in [0.2, 0.25) is 0 Å². The molecule has 90 valence electrons. The molecule has 0 radical (unpaired) electrons. The molecule has 0 heterocycles. The summed E-state index contributed by atoms with van der Waals surface area (Å²) in [7, 11) is 0. The number of nitrogens with two attached hydrogens (primary N) is 1. The molecule has 0 spiro atoms. The molecule has 0 aliphatic heterocycles. The Bertz CT molecular complexity index is 335. The monoisotopic (exact) mass is 223 g/mol. The number of hydrogen-bond donors (Lipinski definition) is 2. The number of aliphatic hydroxyl groups excluding tert-OH is 1. The van der Waals surface area contributed by atoms with Crippen LogP contribution >= 0.6 is 0 Å². The molecule has 3 atom stereocenters. The van der Waals surface area contributed by atoms with E-state index in [1.165, 1.54) is 12.5 Å². The highest BCUT2D eigenvalue weighted by molar-refractivity contribution is 5.85. The Morgan fingerprint density at radius 1 is 1.56 bits per heavy atom. The number of carbonyl (C=O) groups is 1. The molecule has 0 aromatic rings. The summed E-state index contributed by atoms with van der Waals surface area (Å²) in [6, 6.07) is 0. The van der Waals surface area contributed by atoms with Gasteiger partial charge >= 0.3 is 0 Å². The number of hydrogen-bond acceptors (Lipinski definition) is 2. The molecule has 3 heteroatoms. The van der Waals surface area contributed by atoms with Crippen LogP contribution in [0.4, 0.5) is 0 Å². The fourth-order valence-corrected chi connectivity index (χ4v) is 3.91. The molecule has 2 saturated carbocycles. The van der Waals surface area contributed by atoms with Gasteiger partial charge in [0.15, 0.2) is 0 Å². The van der Waals surface area contributed by atoms with Gasteiger partial charge in [-0.1, -0.05) is 19.9 Å². The summed E-state index contributed by atoms with van der Waals surface area (Å²) in [5.74, 6) is 0.223. The van der Waals surface area contributed by atoms with Gasteiger partial charge in [-0.05, 0) is 43.1 Å². The van der Waals surface area contributed by atoms with Crippen LogP contribution in [0.25, 0.3) is 0 Å². The zero-order valence-corrected chi connectivity index (χ0v) is 10.1. The molecule has 1 amide bonds. The second-order valence-electron chi connectivity index (χ2n) is 5.87. The summed E-state index contributed by atoms with van der Waals surface area (Å²) in [6.07, 6.45) is 6.98. The summed E-state index contributed by atoms with van der Waals surface area (Å²) in [6.45, 7) is 4.50. The predicted octanol–water partition coefficient (Wildman–Crippen LogP) is 1.61. The normalized spacial score (nSPS) is 40.7. The van der Waals surface area contributed by atoms with Gasteiger partial charge in [0, 0.05) is 5.41 Å². The average molecular weight is 223 g/mol. The molecule has 0 aromatic carbocycles. The number of allylic oxidation sites excluding steroid dienone is 1. The highest BCUT2D eigenvalue weighted by atomic mass is 16.3. The van der Waals surface area contributed by atoms with Crippen molar-refractivity contribution < 1.29 is 9.90 Å². The van der Waals surface area contributed by atoms with E-state index < -0.39 is 5.91 Å². The molecule has 2 aliphatic rings. The lowest BCUT2D eigenvalue weighted by Gasteiger charge is -2.40. The van der Waals surface area contributed by atoms with Gasteiger partial charge in [-0.15, -0.1) is 0 Å². The number of aliphatic hydroxyl groups is 1. The lowest BCUT2D eigenvalue weighted by molar-refractivity contribution is -0.113. The quantitative estimate of drug-likeness (QED) is 0.714. The Morgan fingerprint density at radius 2 is 2.25 bits per heavy atom. The van der Waals surface area contributed by atoms with E-state index in [0.29, 0.717) is 5.92 Å². The van der Waals surface area contributed by atoms with E-state index in [-0.39, 0.29) is 16.9 Å². The van der Waals surface area contributed by atoms with Crippen LogP contribution < -0.4 is 5.73 Å². The minimum absolute atomic E-state index is 0.0381. The third-order valence-corrected chi connectivity index (χ3v) is 5.15. The lowest BCUT2D eigenvalue weighted by Crippen LogP contribution is -2.38. The molecule has 2 fully saturated rings. The number of primary amides is 1. The molecule has 2 bridgehead atoms. The number of carbonyl (C=O) groups excluding carboxylic acids is 1. The smallest absolute Gasteiger partial charge is 0.241 e. The Labute approximate surface area is 96.7 Å². The van der Waals surface area contributed by atoms with Crippen LogP contribution in [0.15, 0.2) is 12.2 Å². The predicted molar refractivity (Wildman–Crippen MR) is 62.5 cm³/mol. The molecular weight excluding hydrogens is 202 g/mol. The van der Waals surface area contributed by atoms with Gasteiger partial charge in [-0.3, -0.25) is 4.79 Å². The van der Waals surface area contributed by atoms with Crippen LogP contribution in [-0.2, 0) is 4.79 Å². The van der Waals surface area contributed by atoms with Crippen LogP contribution in [-0.4, -0.2) is 17.1 Å². The SMILES string of the molecule is CC1(C)[C@@H]2CC[C@@]1(C/C=C\C(N)=O)[C@H](O)C2. The van der Waals surface area contributed by atoms with Gasteiger partial charge in [0.25, 0.3) is 0 Å². The van der Waals surface area contributed by atoms with Crippen molar-refractivity contribution in [2.24, 2.45) is 22.5 Å². The van der Waals surface area contributed by atoms with Gasteiger partial charge in [-0.2, -0.15) is 0 Å². The van der Waals surface area contributed by atoms with Crippen molar-refractivity contribution in [1.82, 2.24) is 0 Å². The van der Waals surface area contributed by atoms with Crippen molar-refractivity contribution in [3.8, 4) is 0 Å². The van der Waals surface area contributed by atoms with Crippen molar-refractivity contribution in [3.63, 3.8) is 0 Å². The zero-order chi connectivity index (χ0) is 12.0. The fraction of sp³-hybridized carbons (Fsp3) is 0.769. The highest BCUT2D eigenvalue weighted by Gasteiger charge is 2.62. The molecule has 0 unspecified atom stereocenters. The van der Waals surface area contributed by atoms with Crippen molar-refractivity contribution in [2.45, 2.75) is 45.6 Å². The van der Waals surface area contributed by atoms with Crippen molar-refractivity contribution >= 4 is 5.91 Å². The Kier molecular flexibility index (Phi) is 2.61. The van der Waals surface area contributed by atoms with E-state index in [4.69, 9.17) is 5.73 Å². The second-order valence-corrected chi connectivity index (χ2v) is 5.87. The van der Waals surface area contributed by atoms with Gasteiger partial charge in [0.1, 0.15) is 0 Å². The lowest BCUT2D eigenvalue weighted by atomic mass is 9.66. The molecule has 2 aliphatic carbocycles. The van der Waals surface area contributed by atoms with Gasteiger partial charge in [0.05, 0.1) is 6.10 Å². The van der Waals surface area contributed by atoms with Crippen LogP contribution in [0.1, 0.15) is 39.5 Å². The van der Waals surface area contributed by atoms with E-state index in [0.717, 1.165) is 19.3 Å². The minimum atomic E-state index is -0.406. The minimum Gasteiger partial charge on any atom is -0.393 e. The third kappa shape index (κ3) is 1.41. The Balaban J connectivity index is 2.19. The molecule has 2 rings (SSSR count). The number of fused-ring (bicyclic) bond motifs is 2. The van der Waals surface area contributed by atoms with Gasteiger partial charge in [-0.25, -0.2) is 0 Å². The van der Waals surface area contributed by atoms with Crippen molar-refractivity contribution in [1.29, 1.82) is 0 Å². The zero-order valence-electron chi connectivity index (χ0n) is 10.1. The summed E-state index contributed by atoms with van der Waals surface area (Å²) in [5.41, 5.74) is 5.22. The van der Waals surface area contributed by atoms with E-state index in [2.05, 4.69) is 13.8 Å². The maximum absolute atomic E-state index is 10.7. The molecular formula is C13H21NO2. The molecule has 16 heavy (non-hydrogen) atoms. The standard InChI is InChI=1S/C13H21NO2/c1-12(2)9-5-7-13(12,10(15)8-9)6-3-4-11(14)16/h3-4,9-10,15H,5-8H2,1-2H3,(H2,14,16)/b4-3-/t9-,10-,13+/m1/s1. The van der Waals surface area contributed by atoms with E-state index in [1.54, 1.807) is 0 Å². The molecule has 3 nitrogen and oxygen atoms in total. The van der Waals surface area contributed by atoms with Crippen molar-refractivity contribution in [2.75, 3.05) is 0 Å². The van der Waals surface area contributed by atoms with E-state index >= 15 is 0 Å². The fourth-order valence-electron chi connectivity index (χ4n) is 3.91. The maximum Gasteiger partial charge on any atom is 0.241 e. The van der Waals surface area contributed by atoms with Crippen molar-refractivity contribution in [3.05, 3.63) is 12.2 Å². The number of amides is 1. The first-order valence-corrected chi connectivity index (χ1v) is 6.04. The first kappa shape index (κ1) is 11.6. The summed E-state index contributed by atoms with van der Waals surface area (Å²) >= 11 is 0. The Hall–Kier alpha value is -0.830. The third-order valence-electron chi connectivity index (χ3n) is 5.15. The van der Waals surface area contributed by atoms with E-state index in [1.807, 2.05) is 6.08 Å². The van der Waals surface area contributed by atoms with Crippen LogP contribution in [0.3, 0.4) is 0 Å². The maximum atomic E-state index is 10.7. The average Bonchev–Trinajstić information content (AvgIpc) is 2.50. The second kappa shape index (κ2) is 3.59. The largest absolute Gasteiger partial charge is 0.393 e. The molecule has 0 aromatic heterocycles.